The number of aryl methyl sites for hydroxylation is 2. The Morgan fingerprint density at radius 2 is 1.77 bits per heavy atom. The van der Waals surface area contributed by atoms with Gasteiger partial charge in [-0.25, -0.2) is 4.90 Å². The molecule has 2 heterocycles. The second-order valence-electron chi connectivity index (χ2n) is 5.07. The van der Waals surface area contributed by atoms with E-state index in [0.717, 1.165) is 10.5 Å². The van der Waals surface area contributed by atoms with E-state index in [1.807, 2.05) is 0 Å². The van der Waals surface area contributed by atoms with Gasteiger partial charge in [-0.05, 0) is 31.0 Å². The van der Waals surface area contributed by atoms with Gasteiger partial charge in [-0.3, -0.25) is 24.7 Å². The van der Waals surface area contributed by atoms with Crippen LogP contribution in [0, 0.1) is 24.0 Å². The lowest BCUT2D eigenvalue weighted by atomic mass is 10.0. The van der Waals surface area contributed by atoms with E-state index < -0.39 is 16.7 Å². The molecule has 0 atom stereocenters. The number of hydrogen-bond acceptors (Lipinski definition) is 5. The predicted octanol–water partition coefficient (Wildman–Crippen LogP) is 2.41. The fourth-order valence-electron chi connectivity index (χ4n) is 2.55. The van der Waals surface area contributed by atoms with Gasteiger partial charge >= 0.3 is 0 Å². The van der Waals surface area contributed by atoms with Crippen LogP contribution in [-0.2, 0) is 0 Å². The third kappa shape index (κ3) is 1.86. The molecule has 1 aliphatic heterocycles. The smallest absolute Gasteiger partial charge is 0.268 e. The first-order valence-electron chi connectivity index (χ1n) is 6.50. The third-order valence-electron chi connectivity index (χ3n) is 3.54. The molecular weight excluding hydrogens is 286 g/mol. The van der Waals surface area contributed by atoms with Gasteiger partial charge in [0.25, 0.3) is 17.5 Å². The van der Waals surface area contributed by atoms with Gasteiger partial charge in [0.05, 0.1) is 22.4 Å². The van der Waals surface area contributed by atoms with E-state index in [4.69, 9.17) is 0 Å². The minimum absolute atomic E-state index is 0.0840. The highest BCUT2D eigenvalue weighted by molar-refractivity contribution is 6.36. The average molecular weight is 297 g/mol. The van der Waals surface area contributed by atoms with E-state index in [-0.39, 0.29) is 16.8 Å². The van der Waals surface area contributed by atoms with Crippen LogP contribution >= 0.6 is 0 Å². The summed E-state index contributed by atoms with van der Waals surface area (Å²) in [5.74, 6) is -1.25. The van der Waals surface area contributed by atoms with Crippen molar-refractivity contribution < 1.29 is 14.5 Å². The minimum Gasteiger partial charge on any atom is -0.268 e. The van der Waals surface area contributed by atoms with Crippen LogP contribution in [0.1, 0.15) is 31.8 Å². The van der Waals surface area contributed by atoms with Crippen LogP contribution in [0.2, 0.25) is 0 Å². The standard InChI is InChI=1S/C15H11N3O4/c1-8-5-10(7-16-6-8)17-14(19)12-9(2)3-4-11(18(21)22)13(12)15(17)20/h3-7H,1-2H3. The number of amides is 2. The first kappa shape index (κ1) is 13.9. The van der Waals surface area contributed by atoms with Gasteiger partial charge in [0.2, 0.25) is 0 Å². The van der Waals surface area contributed by atoms with Gasteiger partial charge in [0.1, 0.15) is 5.56 Å². The average Bonchev–Trinajstić information content (AvgIpc) is 2.72. The van der Waals surface area contributed by atoms with Gasteiger partial charge in [-0.1, -0.05) is 6.07 Å². The summed E-state index contributed by atoms with van der Waals surface area (Å²) in [7, 11) is 0. The van der Waals surface area contributed by atoms with Crippen LogP contribution in [0.4, 0.5) is 11.4 Å². The maximum absolute atomic E-state index is 12.6. The van der Waals surface area contributed by atoms with E-state index >= 15 is 0 Å². The molecule has 3 rings (SSSR count). The Hall–Kier alpha value is -3.09. The Labute approximate surface area is 125 Å². The Balaban J connectivity index is 2.23. The van der Waals surface area contributed by atoms with E-state index in [1.165, 1.54) is 18.3 Å². The lowest BCUT2D eigenvalue weighted by Gasteiger charge is -2.13. The number of carbonyl (C=O) groups excluding carboxylic acids is 2. The van der Waals surface area contributed by atoms with Crippen molar-refractivity contribution in [1.29, 1.82) is 0 Å². The molecular formula is C15H11N3O4. The van der Waals surface area contributed by atoms with Crippen molar-refractivity contribution in [3.8, 4) is 0 Å². The quantitative estimate of drug-likeness (QED) is 0.482. The van der Waals surface area contributed by atoms with Gasteiger partial charge in [-0.15, -0.1) is 0 Å². The molecule has 2 amide bonds. The summed E-state index contributed by atoms with van der Waals surface area (Å²) < 4.78 is 0. The van der Waals surface area contributed by atoms with Crippen molar-refractivity contribution in [1.82, 2.24) is 4.98 Å². The summed E-state index contributed by atoms with van der Waals surface area (Å²) in [6, 6.07) is 4.35. The van der Waals surface area contributed by atoms with Gasteiger partial charge < -0.3 is 0 Å². The zero-order valence-electron chi connectivity index (χ0n) is 11.9. The predicted molar refractivity (Wildman–Crippen MR) is 77.9 cm³/mol. The van der Waals surface area contributed by atoms with Crippen molar-refractivity contribution in [2.24, 2.45) is 0 Å². The summed E-state index contributed by atoms with van der Waals surface area (Å²) in [5.41, 5.74) is 1.18. The highest BCUT2D eigenvalue weighted by Crippen LogP contribution is 2.35. The molecule has 0 bridgehead atoms. The van der Waals surface area contributed by atoms with Crippen LogP contribution < -0.4 is 4.90 Å². The first-order valence-corrected chi connectivity index (χ1v) is 6.50. The molecule has 1 aromatic heterocycles. The summed E-state index contributed by atoms with van der Waals surface area (Å²) in [6.07, 6.45) is 2.98. The Morgan fingerprint density at radius 1 is 1.09 bits per heavy atom. The first-order chi connectivity index (χ1) is 10.4. The molecule has 0 fully saturated rings. The zero-order valence-corrected chi connectivity index (χ0v) is 11.9. The molecule has 0 saturated carbocycles. The fourth-order valence-corrected chi connectivity index (χ4v) is 2.55. The number of benzene rings is 1. The fraction of sp³-hybridized carbons (Fsp3) is 0.133. The SMILES string of the molecule is Cc1cncc(N2C(=O)c3c(C)ccc([N+](=O)[O-])c3C2=O)c1. The summed E-state index contributed by atoms with van der Waals surface area (Å²) >= 11 is 0. The molecule has 1 aromatic carbocycles. The molecule has 110 valence electrons. The topological polar surface area (TPSA) is 93.4 Å². The molecule has 22 heavy (non-hydrogen) atoms. The normalized spacial score (nSPS) is 13.5. The Morgan fingerprint density at radius 3 is 2.41 bits per heavy atom. The van der Waals surface area contributed by atoms with Gasteiger partial charge in [-0.2, -0.15) is 0 Å². The second kappa shape index (κ2) is 4.73. The van der Waals surface area contributed by atoms with E-state index in [0.29, 0.717) is 11.3 Å². The maximum Gasteiger partial charge on any atom is 0.283 e. The summed E-state index contributed by atoms with van der Waals surface area (Å²) in [6.45, 7) is 3.42. The molecule has 7 heteroatoms. The molecule has 0 saturated heterocycles. The van der Waals surface area contributed by atoms with Crippen LogP contribution in [0.3, 0.4) is 0 Å². The largest absolute Gasteiger partial charge is 0.283 e. The highest BCUT2D eigenvalue weighted by atomic mass is 16.6. The second-order valence-corrected chi connectivity index (χ2v) is 5.07. The van der Waals surface area contributed by atoms with Crippen LogP contribution in [0.5, 0.6) is 0 Å². The lowest BCUT2D eigenvalue weighted by Crippen LogP contribution is -2.29. The number of nitro benzene ring substituents is 1. The highest BCUT2D eigenvalue weighted by Gasteiger charge is 2.43. The molecule has 0 aliphatic carbocycles. The molecule has 7 nitrogen and oxygen atoms in total. The Kier molecular flexibility index (Phi) is 2.98. The lowest BCUT2D eigenvalue weighted by molar-refractivity contribution is -0.385. The van der Waals surface area contributed by atoms with Crippen LogP contribution in [0.15, 0.2) is 30.6 Å². The third-order valence-corrected chi connectivity index (χ3v) is 3.54. The molecule has 0 spiro atoms. The monoisotopic (exact) mass is 297 g/mol. The molecule has 1 aliphatic rings. The number of aromatic nitrogens is 1. The van der Waals surface area contributed by atoms with E-state index in [2.05, 4.69) is 4.98 Å². The van der Waals surface area contributed by atoms with Crippen molar-refractivity contribution in [2.45, 2.75) is 13.8 Å². The molecule has 0 N–H and O–H groups in total. The van der Waals surface area contributed by atoms with Crippen molar-refractivity contribution in [3.05, 3.63) is 63.0 Å². The minimum atomic E-state index is -0.692. The van der Waals surface area contributed by atoms with Crippen molar-refractivity contribution in [3.63, 3.8) is 0 Å². The Bertz CT molecular complexity index is 845. The van der Waals surface area contributed by atoms with Gasteiger partial charge in [0.15, 0.2) is 0 Å². The number of pyridine rings is 1. The van der Waals surface area contributed by atoms with Crippen molar-refractivity contribution >= 4 is 23.2 Å². The van der Waals surface area contributed by atoms with Crippen LogP contribution in [0.25, 0.3) is 0 Å². The summed E-state index contributed by atoms with van der Waals surface area (Å²) in [4.78, 5) is 40.5. The number of anilines is 1. The number of nitrogens with zero attached hydrogens (tertiary/aromatic N) is 3. The number of nitro groups is 1. The number of carbonyl (C=O) groups is 2. The summed E-state index contributed by atoms with van der Waals surface area (Å²) in [5, 5.41) is 11.1. The zero-order chi connectivity index (χ0) is 16.0. The number of fused-ring (bicyclic) bond motifs is 1. The van der Waals surface area contributed by atoms with E-state index in [1.54, 1.807) is 26.1 Å². The number of hydrogen-bond donors (Lipinski definition) is 0. The van der Waals surface area contributed by atoms with Crippen molar-refractivity contribution in [2.75, 3.05) is 4.90 Å². The molecule has 0 radical (unpaired) electrons. The number of rotatable bonds is 2. The maximum atomic E-state index is 12.6. The van der Waals surface area contributed by atoms with Crippen LogP contribution in [-0.4, -0.2) is 21.7 Å². The van der Waals surface area contributed by atoms with E-state index in [9.17, 15) is 19.7 Å². The molecule has 2 aromatic rings. The van der Waals surface area contributed by atoms with Gasteiger partial charge in [0, 0.05) is 12.3 Å². The molecule has 0 unspecified atom stereocenters. The number of imide groups is 1.